The van der Waals surface area contributed by atoms with Crippen LogP contribution in [0, 0.1) is 5.82 Å². The fourth-order valence-electron chi connectivity index (χ4n) is 2.21. The van der Waals surface area contributed by atoms with Crippen molar-refractivity contribution in [1.82, 2.24) is 4.98 Å². The van der Waals surface area contributed by atoms with Crippen molar-refractivity contribution in [3.05, 3.63) is 52.9 Å². The number of hydrogen-bond donors (Lipinski definition) is 0. The topological polar surface area (TPSA) is 40.6 Å². The Morgan fingerprint density at radius 2 is 1.65 bits per heavy atom. The van der Waals surface area contributed by atoms with Crippen molar-refractivity contribution in [2.45, 2.75) is 0 Å². The number of pyridine rings is 1. The molecule has 4 nitrogen and oxygen atoms in total. The van der Waals surface area contributed by atoms with Gasteiger partial charge in [0.05, 0.1) is 19.7 Å². The Labute approximate surface area is 140 Å². The van der Waals surface area contributed by atoms with Crippen molar-refractivity contribution in [3.63, 3.8) is 0 Å². The second kappa shape index (κ2) is 6.42. The van der Waals surface area contributed by atoms with Gasteiger partial charge >= 0.3 is 0 Å². The third-order valence-corrected chi connectivity index (χ3v) is 3.81. The molecule has 0 N–H and O–H groups in total. The summed E-state index contributed by atoms with van der Waals surface area (Å²) < 4.78 is 30.9. The van der Waals surface area contributed by atoms with Crippen LogP contribution in [0.1, 0.15) is 0 Å². The normalized spacial score (nSPS) is 10.6. The van der Waals surface area contributed by atoms with Crippen LogP contribution in [0.3, 0.4) is 0 Å². The first-order chi connectivity index (χ1) is 11.1. The van der Waals surface area contributed by atoms with E-state index >= 15 is 0 Å². The molecule has 0 aliphatic heterocycles. The highest BCUT2D eigenvalue weighted by Gasteiger charge is 2.12. The molecule has 3 aromatic rings. The van der Waals surface area contributed by atoms with E-state index in [0.717, 1.165) is 0 Å². The summed E-state index contributed by atoms with van der Waals surface area (Å²) in [5, 5.41) is 0.701. The molecule has 0 fully saturated rings. The lowest BCUT2D eigenvalue weighted by atomic mass is 10.2. The summed E-state index contributed by atoms with van der Waals surface area (Å²) in [7, 11) is 3.11. The van der Waals surface area contributed by atoms with Crippen LogP contribution < -0.4 is 14.2 Å². The number of benzene rings is 2. The molecule has 0 saturated heterocycles. The first kappa shape index (κ1) is 15.6. The Morgan fingerprint density at radius 3 is 2.35 bits per heavy atom. The maximum Gasteiger partial charge on any atom is 0.166 e. The minimum Gasteiger partial charge on any atom is -0.493 e. The number of halogens is 2. The molecule has 0 amide bonds. The highest BCUT2D eigenvalue weighted by atomic mass is 79.9. The quantitative estimate of drug-likeness (QED) is 0.645. The van der Waals surface area contributed by atoms with E-state index in [2.05, 4.69) is 20.9 Å². The highest BCUT2D eigenvalue weighted by molar-refractivity contribution is 9.10. The van der Waals surface area contributed by atoms with Gasteiger partial charge in [-0.1, -0.05) is 15.9 Å². The molecule has 3 rings (SSSR count). The Balaban J connectivity index is 2.10. The summed E-state index contributed by atoms with van der Waals surface area (Å²) in [5.74, 6) is 1.28. The molecule has 0 aliphatic carbocycles. The lowest BCUT2D eigenvalue weighted by molar-refractivity contribution is 0.355. The molecular formula is C17H13BrFNO3. The highest BCUT2D eigenvalue weighted by Crippen LogP contribution is 2.37. The number of fused-ring (bicyclic) bond motifs is 1. The van der Waals surface area contributed by atoms with Crippen LogP contribution in [0.15, 0.2) is 47.1 Å². The molecule has 1 aromatic heterocycles. The maximum absolute atomic E-state index is 14.0. The van der Waals surface area contributed by atoms with E-state index in [-0.39, 0.29) is 5.75 Å². The second-order valence-corrected chi connectivity index (χ2v) is 5.63. The molecule has 6 heteroatoms. The summed E-state index contributed by atoms with van der Waals surface area (Å²) in [5.41, 5.74) is 0.665. The van der Waals surface area contributed by atoms with Gasteiger partial charge in [-0.05, 0) is 30.3 Å². The zero-order valence-corrected chi connectivity index (χ0v) is 14.1. The van der Waals surface area contributed by atoms with Crippen LogP contribution in [0.4, 0.5) is 4.39 Å². The fourth-order valence-corrected chi connectivity index (χ4v) is 2.55. The van der Waals surface area contributed by atoms with Gasteiger partial charge in [-0.2, -0.15) is 0 Å². The molecule has 0 bridgehead atoms. The lowest BCUT2D eigenvalue weighted by Gasteiger charge is -2.12. The van der Waals surface area contributed by atoms with Gasteiger partial charge in [0, 0.05) is 22.1 Å². The Morgan fingerprint density at radius 1 is 0.913 bits per heavy atom. The van der Waals surface area contributed by atoms with Gasteiger partial charge in [0.25, 0.3) is 0 Å². The third-order valence-electron chi connectivity index (χ3n) is 3.32. The lowest BCUT2D eigenvalue weighted by Crippen LogP contribution is -1.94. The van der Waals surface area contributed by atoms with Gasteiger partial charge < -0.3 is 14.2 Å². The largest absolute Gasteiger partial charge is 0.493 e. The standard InChI is InChI=1S/C17H13BrFNO3/c1-21-16-8-11-13(9-17(16)22-2)20-6-5-14(11)23-15-4-3-10(18)7-12(15)19/h3-9H,1-2H3. The number of rotatable bonds is 4. The number of methoxy groups -OCH3 is 2. The summed E-state index contributed by atoms with van der Waals surface area (Å²) in [6.07, 6.45) is 1.60. The SMILES string of the molecule is COc1cc2nccc(Oc3ccc(Br)cc3F)c2cc1OC. The van der Waals surface area contributed by atoms with Gasteiger partial charge in [-0.3, -0.25) is 4.98 Å². The molecule has 0 radical (unpaired) electrons. The van der Waals surface area contributed by atoms with E-state index < -0.39 is 5.82 Å². The molecular weight excluding hydrogens is 365 g/mol. The zero-order valence-electron chi connectivity index (χ0n) is 12.5. The van der Waals surface area contributed by atoms with E-state index in [1.807, 2.05) is 0 Å². The van der Waals surface area contributed by atoms with Crippen molar-refractivity contribution in [2.24, 2.45) is 0 Å². The monoisotopic (exact) mass is 377 g/mol. The fraction of sp³-hybridized carbons (Fsp3) is 0.118. The summed E-state index contributed by atoms with van der Waals surface area (Å²) in [6.45, 7) is 0. The Hall–Kier alpha value is -2.34. The summed E-state index contributed by atoms with van der Waals surface area (Å²) in [6, 6.07) is 9.81. The van der Waals surface area contributed by atoms with E-state index in [1.165, 1.54) is 6.07 Å². The van der Waals surface area contributed by atoms with E-state index in [4.69, 9.17) is 14.2 Å². The summed E-state index contributed by atoms with van der Waals surface area (Å²) in [4.78, 5) is 4.29. The summed E-state index contributed by atoms with van der Waals surface area (Å²) >= 11 is 3.22. The zero-order chi connectivity index (χ0) is 16.4. The van der Waals surface area contributed by atoms with Crippen molar-refractivity contribution >= 4 is 26.8 Å². The van der Waals surface area contributed by atoms with E-state index in [9.17, 15) is 4.39 Å². The molecule has 2 aromatic carbocycles. The van der Waals surface area contributed by atoms with E-state index in [0.29, 0.717) is 32.6 Å². The average Bonchev–Trinajstić information content (AvgIpc) is 2.56. The van der Waals surface area contributed by atoms with Gasteiger partial charge in [0.15, 0.2) is 23.1 Å². The first-order valence-electron chi connectivity index (χ1n) is 6.76. The molecule has 23 heavy (non-hydrogen) atoms. The predicted octanol–water partition coefficient (Wildman–Crippen LogP) is 4.95. The van der Waals surface area contributed by atoms with Gasteiger partial charge in [-0.15, -0.1) is 0 Å². The van der Waals surface area contributed by atoms with Gasteiger partial charge in [0.1, 0.15) is 5.75 Å². The van der Waals surface area contributed by atoms with Crippen molar-refractivity contribution in [2.75, 3.05) is 14.2 Å². The van der Waals surface area contributed by atoms with Crippen LogP contribution in [0.25, 0.3) is 10.9 Å². The van der Waals surface area contributed by atoms with Crippen LogP contribution in [0.2, 0.25) is 0 Å². The van der Waals surface area contributed by atoms with Gasteiger partial charge in [-0.25, -0.2) is 4.39 Å². The van der Waals surface area contributed by atoms with Gasteiger partial charge in [0.2, 0.25) is 0 Å². The van der Waals surface area contributed by atoms with Crippen LogP contribution in [-0.4, -0.2) is 19.2 Å². The van der Waals surface area contributed by atoms with Crippen LogP contribution >= 0.6 is 15.9 Å². The smallest absolute Gasteiger partial charge is 0.166 e. The second-order valence-electron chi connectivity index (χ2n) is 4.71. The van der Waals surface area contributed by atoms with E-state index in [1.54, 1.807) is 50.7 Å². The Kier molecular flexibility index (Phi) is 4.34. The molecule has 1 heterocycles. The van der Waals surface area contributed by atoms with Crippen molar-refractivity contribution in [1.29, 1.82) is 0 Å². The minimum atomic E-state index is -0.454. The Bertz CT molecular complexity index is 870. The van der Waals surface area contributed by atoms with Crippen molar-refractivity contribution in [3.8, 4) is 23.0 Å². The molecule has 0 aliphatic rings. The maximum atomic E-state index is 14.0. The molecule has 0 saturated carbocycles. The number of hydrogen-bond acceptors (Lipinski definition) is 4. The number of nitrogens with zero attached hydrogens (tertiary/aromatic N) is 1. The average molecular weight is 378 g/mol. The first-order valence-corrected chi connectivity index (χ1v) is 7.55. The third kappa shape index (κ3) is 3.07. The molecule has 0 atom stereocenters. The molecule has 118 valence electrons. The van der Waals surface area contributed by atoms with Crippen LogP contribution in [0.5, 0.6) is 23.0 Å². The minimum absolute atomic E-state index is 0.135. The van der Waals surface area contributed by atoms with Crippen molar-refractivity contribution < 1.29 is 18.6 Å². The number of ether oxygens (including phenoxy) is 3. The molecule has 0 spiro atoms. The molecule has 0 unspecified atom stereocenters. The predicted molar refractivity (Wildman–Crippen MR) is 89.0 cm³/mol. The van der Waals surface area contributed by atoms with Crippen LogP contribution in [-0.2, 0) is 0 Å². The number of aromatic nitrogens is 1.